The van der Waals surface area contributed by atoms with E-state index in [0.29, 0.717) is 29.1 Å². The highest BCUT2D eigenvalue weighted by Crippen LogP contribution is 2.36. The van der Waals surface area contributed by atoms with Crippen molar-refractivity contribution in [1.82, 2.24) is 5.32 Å². The molecule has 0 radical (unpaired) electrons. The van der Waals surface area contributed by atoms with Crippen LogP contribution in [-0.4, -0.2) is 25.7 Å². The van der Waals surface area contributed by atoms with E-state index in [1.165, 1.54) is 12.0 Å². The number of nitrogens with two attached hydrogens (primary N) is 1. The minimum atomic E-state index is -0.568. The number of carbonyl (C=O) groups is 1. The summed E-state index contributed by atoms with van der Waals surface area (Å²) < 4.78 is 10.6. The van der Waals surface area contributed by atoms with Gasteiger partial charge in [-0.2, -0.15) is 0 Å². The van der Waals surface area contributed by atoms with Gasteiger partial charge in [-0.1, -0.05) is 17.7 Å². The zero-order valence-electron chi connectivity index (χ0n) is 13.7. The van der Waals surface area contributed by atoms with Crippen LogP contribution in [0.2, 0.25) is 5.02 Å². The van der Waals surface area contributed by atoms with Gasteiger partial charge < -0.3 is 20.5 Å². The van der Waals surface area contributed by atoms with Gasteiger partial charge in [-0.15, -0.1) is 11.3 Å². The first-order valence-electron chi connectivity index (χ1n) is 7.53. The van der Waals surface area contributed by atoms with Gasteiger partial charge in [0.1, 0.15) is 0 Å². The third-order valence-electron chi connectivity index (χ3n) is 3.39. The van der Waals surface area contributed by atoms with Crippen molar-refractivity contribution in [2.45, 2.75) is 25.9 Å². The molecule has 7 heteroatoms. The molecule has 0 aliphatic carbocycles. The van der Waals surface area contributed by atoms with E-state index < -0.39 is 5.91 Å². The summed E-state index contributed by atoms with van der Waals surface area (Å²) in [6.45, 7) is 2.55. The van der Waals surface area contributed by atoms with Gasteiger partial charge in [-0.3, -0.25) is 4.79 Å². The van der Waals surface area contributed by atoms with Gasteiger partial charge in [-0.25, -0.2) is 0 Å². The van der Waals surface area contributed by atoms with Gasteiger partial charge in [0.15, 0.2) is 18.1 Å². The Morgan fingerprint density at radius 3 is 2.88 bits per heavy atom. The molecule has 0 saturated carbocycles. The third kappa shape index (κ3) is 5.40. The summed E-state index contributed by atoms with van der Waals surface area (Å²) in [6, 6.07) is 8.16. The Balaban J connectivity index is 2.00. The maximum atomic E-state index is 10.9. The molecule has 0 bridgehead atoms. The number of rotatable bonds is 9. The normalized spacial score (nSPS) is 12.0. The van der Waals surface area contributed by atoms with Crippen molar-refractivity contribution in [3.63, 3.8) is 0 Å². The van der Waals surface area contributed by atoms with Gasteiger partial charge >= 0.3 is 0 Å². The average Bonchev–Trinajstić information content (AvgIpc) is 3.04. The van der Waals surface area contributed by atoms with E-state index in [1.54, 1.807) is 17.4 Å². The molecule has 130 valence electrons. The van der Waals surface area contributed by atoms with Crippen molar-refractivity contribution >= 4 is 28.8 Å². The topological polar surface area (TPSA) is 73.6 Å². The molecule has 1 unspecified atom stereocenters. The maximum Gasteiger partial charge on any atom is 0.255 e. The summed E-state index contributed by atoms with van der Waals surface area (Å²) >= 11 is 8.00. The number of thiophene rings is 1. The number of halogens is 1. The lowest BCUT2D eigenvalue weighted by Crippen LogP contribution is -2.27. The molecule has 2 rings (SSSR count). The van der Waals surface area contributed by atoms with Gasteiger partial charge in [0, 0.05) is 17.5 Å². The molecule has 2 aromatic rings. The summed E-state index contributed by atoms with van der Waals surface area (Å²) in [4.78, 5) is 12.2. The van der Waals surface area contributed by atoms with Crippen LogP contribution in [0, 0.1) is 0 Å². The first-order chi connectivity index (χ1) is 11.5. The number of methoxy groups -OCH3 is 1. The molecule has 0 saturated heterocycles. The van der Waals surface area contributed by atoms with Crippen molar-refractivity contribution in [3.05, 3.63) is 45.1 Å². The summed E-state index contributed by atoms with van der Waals surface area (Å²) in [5, 5.41) is 5.93. The van der Waals surface area contributed by atoms with Crippen molar-refractivity contribution in [2.24, 2.45) is 5.73 Å². The number of hydrogen-bond acceptors (Lipinski definition) is 5. The smallest absolute Gasteiger partial charge is 0.255 e. The molecular formula is C17H21ClN2O3S. The lowest BCUT2D eigenvalue weighted by Gasteiger charge is -2.16. The predicted octanol–water partition coefficient (Wildman–Crippen LogP) is 3.00. The van der Waals surface area contributed by atoms with E-state index in [4.69, 9.17) is 26.8 Å². The second-order valence-electron chi connectivity index (χ2n) is 5.43. The van der Waals surface area contributed by atoms with E-state index in [1.807, 2.05) is 6.07 Å². The monoisotopic (exact) mass is 368 g/mol. The Hall–Kier alpha value is -1.76. The van der Waals surface area contributed by atoms with E-state index in [9.17, 15) is 4.79 Å². The van der Waals surface area contributed by atoms with Crippen molar-refractivity contribution in [1.29, 1.82) is 0 Å². The highest BCUT2D eigenvalue weighted by molar-refractivity contribution is 7.09. The Labute approximate surface area is 150 Å². The van der Waals surface area contributed by atoms with Crippen LogP contribution in [0.5, 0.6) is 11.5 Å². The fraction of sp³-hybridized carbons (Fsp3) is 0.353. The zero-order chi connectivity index (χ0) is 17.5. The quantitative estimate of drug-likeness (QED) is 0.713. The van der Waals surface area contributed by atoms with Crippen LogP contribution in [0.3, 0.4) is 0 Å². The summed E-state index contributed by atoms with van der Waals surface area (Å²) in [7, 11) is 1.53. The molecule has 0 spiro atoms. The number of nitrogens with one attached hydrogen (secondary N) is 1. The van der Waals surface area contributed by atoms with Crippen LogP contribution in [0.15, 0.2) is 29.6 Å². The maximum absolute atomic E-state index is 10.9. The fourth-order valence-corrected chi connectivity index (χ4v) is 3.38. The van der Waals surface area contributed by atoms with Gasteiger partial charge in [0.2, 0.25) is 0 Å². The molecule has 1 aromatic carbocycles. The molecular weight excluding hydrogens is 348 g/mol. The van der Waals surface area contributed by atoms with Crippen LogP contribution in [0.25, 0.3) is 0 Å². The highest BCUT2D eigenvalue weighted by Gasteiger charge is 2.13. The van der Waals surface area contributed by atoms with Crippen molar-refractivity contribution in [2.75, 3.05) is 13.7 Å². The average molecular weight is 369 g/mol. The second kappa shape index (κ2) is 8.92. The molecule has 0 aliphatic rings. The van der Waals surface area contributed by atoms with Gasteiger partial charge in [-0.05, 0) is 42.5 Å². The molecule has 0 fully saturated rings. The zero-order valence-corrected chi connectivity index (χ0v) is 15.2. The minimum Gasteiger partial charge on any atom is -0.493 e. The van der Waals surface area contributed by atoms with Crippen LogP contribution in [0.1, 0.15) is 17.4 Å². The molecule has 5 nitrogen and oxygen atoms in total. The predicted molar refractivity (Wildman–Crippen MR) is 97.0 cm³/mol. The first-order valence-corrected chi connectivity index (χ1v) is 8.78. The summed E-state index contributed by atoms with van der Waals surface area (Å²) in [5.41, 5.74) is 6.06. The molecule has 0 aliphatic heterocycles. The number of hydrogen-bond donors (Lipinski definition) is 2. The molecule has 24 heavy (non-hydrogen) atoms. The Morgan fingerprint density at radius 2 is 2.25 bits per heavy atom. The number of ether oxygens (including phenoxy) is 2. The second-order valence-corrected chi connectivity index (χ2v) is 6.87. The highest BCUT2D eigenvalue weighted by atomic mass is 35.5. The lowest BCUT2D eigenvalue weighted by atomic mass is 10.1. The van der Waals surface area contributed by atoms with E-state index >= 15 is 0 Å². The van der Waals surface area contributed by atoms with Crippen LogP contribution < -0.4 is 20.5 Å². The summed E-state index contributed by atoms with van der Waals surface area (Å²) in [6.07, 6.45) is 0.975. The SMILES string of the molecule is COc1cc(CNC(C)Cc2cccs2)cc(Cl)c1OCC(N)=O. The molecule has 1 amide bonds. The lowest BCUT2D eigenvalue weighted by molar-refractivity contribution is -0.119. The molecule has 1 atom stereocenters. The van der Waals surface area contributed by atoms with Gasteiger partial charge in [0.25, 0.3) is 5.91 Å². The molecule has 1 aromatic heterocycles. The number of amides is 1. The molecule has 3 N–H and O–H groups in total. The van der Waals surface area contributed by atoms with Crippen LogP contribution in [0.4, 0.5) is 0 Å². The van der Waals surface area contributed by atoms with Crippen LogP contribution >= 0.6 is 22.9 Å². The largest absolute Gasteiger partial charge is 0.493 e. The first kappa shape index (κ1) is 18.6. The van der Waals surface area contributed by atoms with E-state index in [0.717, 1.165) is 12.0 Å². The van der Waals surface area contributed by atoms with Gasteiger partial charge in [0.05, 0.1) is 12.1 Å². The van der Waals surface area contributed by atoms with Crippen molar-refractivity contribution < 1.29 is 14.3 Å². The fourth-order valence-electron chi connectivity index (χ4n) is 2.25. The van der Waals surface area contributed by atoms with E-state index in [2.05, 4.69) is 29.8 Å². The Morgan fingerprint density at radius 1 is 1.46 bits per heavy atom. The Kier molecular flexibility index (Phi) is 6.90. The van der Waals surface area contributed by atoms with Crippen molar-refractivity contribution in [3.8, 4) is 11.5 Å². The summed E-state index contributed by atoms with van der Waals surface area (Å²) in [5.74, 6) is 0.237. The van der Waals surface area contributed by atoms with Crippen LogP contribution in [-0.2, 0) is 17.8 Å². The number of carbonyl (C=O) groups excluding carboxylic acids is 1. The van der Waals surface area contributed by atoms with E-state index in [-0.39, 0.29) is 6.61 Å². The number of benzene rings is 1. The molecule has 1 heterocycles. The standard InChI is InChI=1S/C17H21ClN2O3S/c1-11(6-13-4-3-5-24-13)20-9-12-7-14(18)17(15(8-12)22-2)23-10-16(19)21/h3-5,7-8,11,20H,6,9-10H2,1-2H3,(H2,19,21). The Bertz CT molecular complexity index is 677. The minimum absolute atomic E-state index is 0.245. The number of primary amides is 1. The third-order valence-corrected chi connectivity index (χ3v) is 4.57.